The number of halogens is 2. The normalized spacial score (nSPS) is 11.0. The third kappa shape index (κ3) is 1.73. The zero-order valence-electron chi connectivity index (χ0n) is 9.04. The highest BCUT2D eigenvalue weighted by Crippen LogP contribution is 2.32. The Morgan fingerprint density at radius 2 is 1.89 bits per heavy atom. The van der Waals surface area contributed by atoms with Gasteiger partial charge in [0.15, 0.2) is 11.6 Å². The van der Waals surface area contributed by atoms with Crippen molar-refractivity contribution in [3.63, 3.8) is 0 Å². The summed E-state index contributed by atoms with van der Waals surface area (Å²) < 4.78 is 26.6. The van der Waals surface area contributed by atoms with E-state index >= 15 is 0 Å². The number of aromatic nitrogens is 1. The van der Waals surface area contributed by atoms with Crippen LogP contribution in [0.5, 0.6) is 0 Å². The SMILES string of the molecule is O=c1[nH]ccc2cc(-c3ccc(F)c(F)c3)sc12. The van der Waals surface area contributed by atoms with Gasteiger partial charge in [-0.05, 0) is 29.8 Å². The number of hydrogen-bond acceptors (Lipinski definition) is 2. The van der Waals surface area contributed by atoms with Crippen LogP contribution in [0.15, 0.2) is 41.3 Å². The predicted octanol–water partition coefficient (Wildman–Crippen LogP) is 3.53. The summed E-state index contributed by atoms with van der Waals surface area (Å²) >= 11 is 1.26. The van der Waals surface area contributed by atoms with E-state index in [1.165, 1.54) is 17.4 Å². The maximum absolute atomic E-state index is 13.2. The summed E-state index contributed by atoms with van der Waals surface area (Å²) in [6, 6.07) is 7.28. The Morgan fingerprint density at radius 3 is 2.61 bits per heavy atom. The highest BCUT2D eigenvalue weighted by Gasteiger charge is 2.09. The first-order valence-corrected chi connectivity index (χ1v) is 6.03. The summed E-state index contributed by atoms with van der Waals surface area (Å²) in [6.45, 7) is 0. The van der Waals surface area contributed by atoms with E-state index < -0.39 is 11.6 Å². The van der Waals surface area contributed by atoms with E-state index in [2.05, 4.69) is 4.98 Å². The number of nitrogens with one attached hydrogen (secondary N) is 1. The standard InChI is InChI=1S/C13H7F2NOS/c14-9-2-1-7(5-10(9)15)11-6-8-3-4-16-13(17)12(8)18-11/h1-6H,(H,16,17). The molecular weight excluding hydrogens is 256 g/mol. The summed E-state index contributed by atoms with van der Waals surface area (Å²) in [5.41, 5.74) is 0.390. The van der Waals surface area contributed by atoms with Crippen molar-refractivity contribution in [2.75, 3.05) is 0 Å². The lowest BCUT2D eigenvalue weighted by atomic mass is 10.1. The van der Waals surface area contributed by atoms with Gasteiger partial charge in [0.1, 0.15) is 4.70 Å². The van der Waals surface area contributed by atoms with Crippen molar-refractivity contribution in [3.05, 3.63) is 58.5 Å². The molecule has 5 heteroatoms. The van der Waals surface area contributed by atoms with Crippen LogP contribution in [0.25, 0.3) is 20.5 Å². The van der Waals surface area contributed by atoms with Crippen molar-refractivity contribution in [2.24, 2.45) is 0 Å². The van der Waals surface area contributed by atoms with Crippen LogP contribution in [0.4, 0.5) is 8.78 Å². The number of H-pyrrole nitrogens is 1. The number of pyridine rings is 1. The van der Waals surface area contributed by atoms with E-state index in [0.29, 0.717) is 10.3 Å². The molecule has 0 aliphatic rings. The van der Waals surface area contributed by atoms with Gasteiger partial charge in [-0.1, -0.05) is 6.07 Å². The second-order valence-electron chi connectivity index (χ2n) is 3.83. The minimum atomic E-state index is -0.890. The fourth-order valence-electron chi connectivity index (χ4n) is 1.77. The van der Waals surface area contributed by atoms with Crippen LogP contribution in [0, 0.1) is 11.6 Å². The molecule has 90 valence electrons. The van der Waals surface area contributed by atoms with Crippen molar-refractivity contribution >= 4 is 21.4 Å². The number of hydrogen-bond donors (Lipinski definition) is 1. The Balaban J connectivity index is 2.22. The number of aromatic amines is 1. The van der Waals surface area contributed by atoms with Gasteiger partial charge in [0, 0.05) is 16.5 Å². The van der Waals surface area contributed by atoms with Gasteiger partial charge in [-0.15, -0.1) is 11.3 Å². The molecule has 0 bridgehead atoms. The van der Waals surface area contributed by atoms with Crippen molar-refractivity contribution in [1.29, 1.82) is 0 Å². The summed E-state index contributed by atoms with van der Waals surface area (Å²) in [5.74, 6) is -1.77. The molecule has 1 N–H and O–H groups in total. The second kappa shape index (κ2) is 4.03. The predicted molar refractivity (Wildman–Crippen MR) is 67.8 cm³/mol. The van der Waals surface area contributed by atoms with E-state index in [0.717, 1.165) is 22.4 Å². The monoisotopic (exact) mass is 263 g/mol. The summed E-state index contributed by atoms with van der Waals surface area (Å²) in [7, 11) is 0. The van der Waals surface area contributed by atoms with Gasteiger partial charge in [-0.2, -0.15) is 0 Å². The fraction of sp³-hybridized carbons (Fsp3) is 0. The molecular formula is C13H7F2NOS. The summed E-state index contributed by atoms with van der Waals surface area (Å²) in [6.07, 6.45) is 1.56. The van der Waals surface area contributed by atoms with E-state index in [9.17, 15) is 13.6 Å². The topological polar surface area (TPSA) is 32.9 Å². The van der Waals surface area contributed by atoms with E-state index in [1.807, 2.05) is 0 Å². The molecule has 0 amide bonds. The van der Waals surface area contributed by atoms with Crippen molar-refractivity contribution in [1.82, 2.24) is 4.98 Å². The molecule has 0 aliphatic heterocycles. The average Bonchev–Trinajstić information content (AvgIpc) is 2.78. The first kappa shape index (κ1) is 11.1. The molecule has 0 atom stereocenters. The van der Waals surface area contributed by atoms with Crippen LogP contribution in [0.1, 0.15) is 0 Å². The molecule has 3 aromatic rings. The molecule has 1 aromatic carbocycles. The highest BCUT2D eigenvalue weighted by molar-refractivity contribution is 7.22. The zero-order valence-corrected chi connectivity index (χ0v) is 9.85. The van der Waals surface area contributed by atoms with Crippen LogP contribution in [-0.2, 0) is 0 Å². The van der Waals surface area contributed by atoms with Gasteiger partial charge >= 0.3 is 0 Å². The number of fused-ring (bicyclic) bond motifs is 1. The number of rotatable bonds is 1. The van der Waals surface area contributed by atoms with Crippen molar-refractivity contribution < 1.29 is 8.78 Å². The molecule has 18 heavy (non-hydrogen) atoms. The Labute approximate surface area is 105 Å². The third-order valence-electron chi connectivity index (χ3n) is 2.65. The van der Waals surface area contributed by atoms with Crippen LogP contribution < -0.4 is 5.56 Å². The highest BCUT2D eigenvalue weighted by atomic mass is 32.1. The Bertz CT molecular complexity index is 791. The number of thiophene rings is 1. The fourth-order valence-corrected chi connectivity index (χ4v) is 2.82. The second-order valence-corrected chi connectivity index (χ2v) is 4.88. The minimum absolute atomic E-state index is 0.175. The molecule has 0 unspecified atom stereocenters. The average molecular weight is 263 g/mol. The van der Waals surface area contributed by atoms with Crippen LogP contribution in [-0.4, -0.2) is 4.98 Å². The van der Waals surface area contributed by atoms with Crippen molar-refractivity contribution in [3.8, 4) is 10.4 Å². The Hall–Kier alpha value is -2.01. The van der Waals surface area contributed by atoms with E-state index in [4.69, 9.17) is 0 Å². The summed E-state index contributed by atoms with van der Waals surface area (Å²) in [5, 5.41) is 0.795. The lowest BCUT2D eigenvalue weighted by molar-refractivity contribution is 0.509. The molecule has 2 aromatic heterocycles. The lowest BCUT2D eigenvalue weighted by Crippen LogP contribution is -2.01. The zero-order chi connectivity index (χ0) is 12.7. The number of benzene rings is 1. The molecule has 3 rings (SSSR count). The van der Waals surface area contributed by atoms with Crippen LogP contribution in [0.2, 0.25) is 0 Å². The molecule has 0 saturated carbocycles. The van der Waals surface area contributed by atoms with E-state index in [-0.39, 0.29) is 5.56 Å². The van der Waals surface area contributed by atoms with Crippen LogP contribution >= 0.6 is 11.3 Å². The van der Waals surface area contributed by atoms with Crippen molar-refractivity contribution in [2.45, 2.75) is 0 Å². The smallest absolute Gasteiger partial charge is 0.265 e. The Morgan fingerprint density at radius 1 is 1.06 bits per heavy atom. The van der Waals surface area contributed by atoms with Gasteiger partial charge < -0.3 is 4.98 Å². The molecule has 0 radical (unpaired) electrons. The van der Waals surface area contributed by atoms with Gasteiger partial charge in [0.2, 0.25) is 0 Å². The van der Waals surface area contributed by atoms with Gasteiger partial charge in [-0.25, -0.2) is 8.78 Å². The molecule has 0 spiro atoms. The first-order valence-electron chi connectivity index (χ1n) is 5.22. The van der Waals surface area contributed by atoms with Crippen LogP contribution in [0.3, 0.4) is 0 Å². The van der Waals surface area contributed by atoms with Gasteiger partial charge in [0.25, 0.3) is 5.56 Å². The summed E-state index contributed by atoms with van der Waals surface area (Å²) in [4.78, 5) is 14.9. The quantitative estimate of drug-likeness (QED) is 0.715. The minimum Gasteiger partial charge on any atom is -0.328 e. The first-order chi connectivity index (χ1) is 8.65. The maximum Gasteiger partial charge on any atom is 0.265 e. The molecule has 0 aliphatic carbocycles. The van der Waals surface area contributed by atoms with Gasteiger partial charge in [0.05, 0.1) is 0 Å². The largest absolute Gasteiger partial charge is 0.328 e. The molecule has 0 saturated heterocycles. The van der Waals surface area contributed by atoms with Gasteiger partial charge in [-0.3, -0.25) is 4.79 Å². The molecule has 2 heterocycles. The maximum atomic E-state index is 13.2. The third-order valence-corrected chi connectivity index (χ3v) is 3.85. The molecule has 2 nitrogen and oxygen atoms in total. The van der Waals surface area contributed by atoms with E-state index in [1.54, 1.807) is 18.3 Å². The molecule has 0 fully saturated rings. The Kier molecular flexibility index (Phi) is 2.48. The lowest BCUT2D eigenvalue weighted by Gasteiger charge is -1.97.